The molecule has 0 saturated heterocycles. The van der Waals surface area contributed by atoms with E-state index in [2.05, 4.69) is 5.32 Å². The first-order chi connectivity index (χ1) is 8.40. The Balaban J connectivity index is 2.57. The molecular formula is C13H17NO4. The summed E-state index contributed by atoms with van der Waals surface area (Å²) in [6, 6.07) is 6.38. The predicted octanol–water partition coefficient (Wildman–Crippen LogP) is 1.35. The Morgan fingerprint density at radius 1 is 1.33 bits per heavy atom. The SMILES string of the molecule is Cc1cccc(OC(C)C(=O)N[C@H](C)C(=O)O)c1. The standard InChI is InChI=1S/C13H17NO4/c1-8-5-4-6-11(7-8)18-10(3)12(15)14-9(2)13(16)17/h4-7,9-10H,1-3H3,(H,14,15)(H,16,17)/t9-,10?/m1/s1. The van der Waals surface area contributed by atoms with Crippen molar-refractivity contribution in [3.05, 3.63) is 29.8 Å². The largest absolute Gasteiger partial charge is 0.481 e. The highest BCUT2D eigenvalue weighted by Gasteiger charge is 2.20. The summed E-state index contributed by atoms with van der Waals surface area (Å²) in [7, 11) is 0. The van der Waals surface area contributed by atoms with Crippen molar-refractivity contribution in [2.24, 2.45) is 0 Å². The Labute approximate surface area is 106 Å². The van der Waals surface area contributed by atoms with E-state index < -0.39 is 24.0 Å². The fraction of sp³-hybridized carbons (Fsp3) is 0.385. The lowest BCUT2D eigenvalue weighted by Crippen LogP contribution is -2.44. The number of hydrogen-bond acceptors (Lipinski definition) is 3. The first-order valence-corrected chi connectivity index (χ1v) is 5.66. The minimum absolute atomic E-state index is 0.452. The van der Waals surface area contributed by atoms with Crippen LogP contribution in [-0.2, 0) is 9.59 Å². The zero-order valence-corrected chi connectivity index (χ0v) is 10.6. The van der Waals surface area contributed by atoms with Crippen molar-refractivity contribution in [1.29, 1.82) is 0 Å². The highest BCUT2D eigenvalue weighted by Crippen LogP contribution is 2.14. The van der Waals surface area contributed by atoms with Crippen LogP contribution in [0.1, 0.15) is 19.4 Å². The summed E-state index contributed by atoms with van der Waals surface area (Å²) < 4.78 is 5.43. The van der Waals surface area contributed by atoms with E-state index in [1.807, 2.05) is 25.1 Å². The Kier molecular flexibility index (Phi) is 4.71. The lowest BCUT2D eigenvalue weighted by molar-refractivity contribution is -0.142. The molecule has 98 valence electrons. The summed E-state index contributed by atoms with van der Waals surface area (Å²) in [5.74, 6) is -0.946. The van der Waals surface area contributed by atoms with Gasteiger partial charge in [0.15, 0.2) is 6.10 Å². The van der Waals surface area contributed by atoms with Crippen molar-refractivity contribution >= 4 is 11.9 Å². The van der Waals surface area contributed by atoms with Gasteiger partial charge in [0.1, 0.15) is 11.8 Å². The van der Waals surface area contributed by atoms with Gasteiger partial charge in [0, 0.05) is 0 Å². The number of aliphatic carboxylic acids is 1. The lowest BCUT2D eigenvalue weighted by atomic mass is 10.2. The summed E-state index contributed by atoms with van der Waals surface area (Å²) >= 11 is 0. The summed E-state index contributed by atoms with van der Waals surface area (Å²) in [5.41, 5.74) is 1.03. The van der Waals surface area contributed by atoms with E-state index in [4.69, 9.17) is 9.84 Å². The molecule has 0 aromatic heterocycles. The lowest BCUT2D eigenvalue weighted by Gasteiger charge is -2.16. The van der Waals surface area contributed by atoms with Gasteiger partial charge in [-0.3, -0.25) is 9.59 Å². The Morgan fingerprint density at radius 2 is 2.00 bits per heavy atom. The number of aryl methyl sites for hydroxylation is 1. The Bertz CT molecular complexity index is 444. The third-order valence-corrected chi connectivity index (χ3v) is 2.40. The Morgan fingerprint density at radius 3 is 2.56 bits per heavy atom. The van der Waals surface area contributed by atoms with Crippen LogP contribution in [0.4, 0.5) is 0 Å². The first kappa shape index (κ1) is 14.0. The van der Waals surface area contributed by atoms with Gasteiger partial charge in [-0.1, -0.05) is 12.1 Å². The van der Waals surface area contributed by atoms with Gasteiger partial charge in [-0.25, -0.2) is 0 Å². The molecule has 5 nitrogen and oxygen atoms in total. The quantitative estimate of drug-likeness (QED) is 0.828. The van der Waals surface area contributed by atoms with Gasteiger partial charge in [0.2, 0.25) is 0 Å². The van der Waals surface area contributed by atoms with Gasteiger partial charge in [0.25, 0.3) is 5.91 Å². The summed E-state index contributed by atoms with van der Waals surface area (Å²) in [5, 5.41) is 11.0. The number of nitrogens with one attached hydrogen (secondary N) is 1. The Hall–Kier alpha value is -2.04. The van der Waals surface area contributed by atoms with Crippen molar-refractivity contribution < 1.29 is 19.4 Å². The smallest absolute Gasteiger partial charge is 0.325 e. The van der Waals surface area contributed by atoms with Crippen LogP contribution < -0.4 is 10.1 Å². The van der Waals surface area contributed by atoms with E-state index in [1.165, 1.54) is 6.92 Å². The molecule has 0 saturated carbocycles. The molecular weight excluding hydrogens is 234 g/mol. The number of carbonyl (C=O) groups excluding carboxylic acids is 1. The third-order valence-electron chi connectivity index (χ3n) is 2.40. The maximum absolute atomic E-state index is 11.6. The molecule has 18 heavy (non-hydrogen) atoms. The van der Waals surface area contributed by atoms with E-state index >= 15 is 0 Å². The topological polar surface area (TPSA) is 75.6 Å². The van der Waals surface area contributed by atoms with E-state index in [9.17, 15) is 9.59 Å². The second-order valence-corrected chi connectivity index (χ2v) is 4.15. The number of carbonyl (C=O) groups is 2. The third kappa shape index (κ3) is 4.08. The van der Waals surface area contributed by atoms with Crippen LogP contribution in [0, 0.1) is 6.92 Å². The van der Waals surface area contributed by atoms with Crippen molar-refractivity contribution in [1.82, 2.24) is 5.32 Å². The van der Waals surface area contributed by atoms with Gasteiger partial charge < -0.3 is 15.2 Å². The highest BCUT2D eigenvalue weighted by molar-refractivity contribution is 5.86. The molecule has 0 bridgehead atoms. The van der Waals surface area contributed by atoms with Crippen LogP contribution in [0.3, 0.4) is 0 Å². The molecule has 0 aliphatic rings. The minimum atomic E-state index is -1.08. The van der Waals surface area contributed by atoms with Gasteiger partial charge in [-0.05, 0) is 38.5 Å². The molecule has 1 amide bonds. The number of carboxylic acids is 1. The first-order valence-electron chi connectivity index (χ1n) is 5.66. The molecule has 0 heterocycles. The molecule has 0 aliphatic heterocycles. The van der Waals surface area contributed by atoms with E-state index in [1.54, 1.807) is 13.0 Å². The molecule has 1 rings (SSSR count). The molecule has 0 radical (unpaired) electrons. The van der Waals surface area contributed by atoms with Gasteiger partial charge in [-0.2, -0.15) is 0 Å². The van der Waals surface area contributed by atoms with Crippen LogP contribution in [0.15, 0.2) is 24.3 Å². The van der Waals surface area contributed by atoms with E-state index in [0.717, 1.165) is 5.56 Å². The molecule has 0 aliphatic carbocycles. The van der Waals surface area contributed by atoms with Crippen molar-refractivity contribution in [3.63, 3.8) is 0 Å². The summed E-state index contributed by atoms with van der Waals surface area (Å²) in [6.07, 6.45) is -0.742. The zero-order valence-electron chi connectivity index (χ0n) is 10.6. The summed E-state index contributed by atoms with van der Waals surface area (Å²) in [4.78, 5) is 22.3. The number of rotatable bonds is 5. The molecule has 1 aromatic rings. The maximum atomic E-state index is 11.6. The molecule has 0 fully saturated rings. The van der Waals surface area contributed by atoms with Crippen molar-refractivity contribution in [2.45, 2.75) is 32.9 Å². The van der Waals surface area contributed by atoms with Crippen molar-refractivity contribution in [2.75, 3.05) is 0 Å². The molecule has 0 spiro atoms. The second kappa shape index (κ2) is 6.05. The molecule has 1 unspecified atom stereocenters. The molecule has 2 N–H and O–H groups in total. The number of hydrogen-bond donors (Lipinski definition) is 2. The van der Waals surface area contributed by atoms with Gasteiger partial charge in [-0.15, -0.1) is 0 Å². The van der Waals surface area contributed by atoms with Gasteiger partial charge in [0.05, 0.1) is 0 Å². The van der Waals surface area contributed by atoms with Crippen LogP contribution in [0.2, 0.25) is 0 Å². The highest BCUT2D eigenvalue weighted by atomic mass is 16.5. The zero-order chi connectivity index (χ0) is 13.7. The van der Waals surface area contributed by atoms with Gasteiger partial charge >= 0.3 is 5.97 Å². The van der Waals surface area contributed by atoms with E-state index in [0.29, 0.717) is 5.75 Å². The number of benzene rings is 1. The monoisotopic (exact) mass is 251 g/mol. The average molecular weight is 251 g/mol. The number of ether oxygens (including phenoxy) is 1. The minimum Gasteiger partial charge on any atom is -0.481 e. The average Bonchev–Trinajstić information content (AvgIpc) is 2.28. The maximum Gasteiger partial charge on any atom is 0.325 e. The van der Waals surface area contributed by atoms with Crippen LogP contribution >= 0.6 is 0 Å². The predicted molar refractivity (Wildman–Crippen MR) is 66.5 cm³/mol. The normalized spacial score (nSPS) is 13.5. The molecule has 2 atom stereocenters. The second-order valence-electron chi connectivity index (χ2n) is 4.15. The fourth-order valence-corrected chi connectivity index (χ4v) is 1.34. The fourth-order valence-electron chi connectivity index (χ4n) is 1.34. The van der Waals surface area contributed by atoms with E-state index in [-0.39, 0.29) is 0 Å². The number of carboxylic acid groups (broad SMARTS) is 1. The van der Waals surface area contributed by atoms with Crippen LogP contribution in [-0.4, -0.2) is 29.1 Å². The van der Waals surface area contributed by atoms with Crippen LogP contribution in [0.25, 0.3) is 0 Å². The van der Waals surface area contributed by atoms with Crippen molar-refractivity contribution in [3.8, 4) is 5.75 Å². The number of amides is 1. The van der Waals surface area contributed by atoms with Crippen LogP contribution in [0.5, 0.6) is 5.75 Å². The molecule has 5 heteroatoms. The molecule has 1 aromatic carbocycles. The summed E-state index contributed by atoms with van der Waals surface area (Å²) in [6.45, 7) is 4.90.